The maximum atomic E-state index is 11.3. The van der Waals surface area contributed by atoms with E-state index in [2.05, 4.69) is 0 Å². The largest absolute Gasteiger partial charge is 0.330 e. The van der Waals surface area contributed by atoms with Gasteiger partial charge in [0.1, 0.15) is 5.41 Å². The van der Waals surface area contributed by atoms with Gasteiger partial charge in [0.05, 0.1) is 0 Å². The van der Waals surface area contributed by atoms with Crippen LogP contribution in [0.3, 0.4) is 0 Å². The van der Waals surface area contributed by atoms with Gasteiger partial charge in [-0.3, -0.25) is 20.2 Å². The summed E-state index contributed by atoms with van der Waals surface area (Å²) >= 11 is 0. The summed E-state index contributed by atoms with van der Waals surface area (Å²) in [4.78, 5) is 33.2. The molecule has 0 unspecified atom stereocenters. The molecule has 4 amide bonds. The summed E-state index contributed by atoms with van der Waals surface area (Å²) in [5.74, 6) is -1.18. The van der Waals surface area contributed by atoms with Gasteiger partial charge >= 0.3 is 6.03 Å². The van der Waals surface area contributed by atoms with Gasteiger partial charge in [0.25, 0.3) is 0 Å². The Bertz CT molecular complexity index is 254. The van der Waals surface area contributed by atoms with Crippen LogP contribution in [0.25, 0.3) is 0 Å². The van der Waals surface area contributed by atoms with E-state index in [0.717, 1.165) is 0 Å². The van der Waals surface area contributed by atoms with Crippen LogP contribution in [-0.4, -0.2) is 24.4 Å². The van der Waals surface area contributed by atoms with Crippen molar-refractivity contribution < 1.29 is 14.4 Å². The molecule has 0 atom stereocenters. The van der Waals surface area contributed by atoms with Crippen molar-refractivity contribution in [3.8, 4) is 0 Å². The molecule has 4 N–H and O–H groups in total. The van der Waals surface area contributed by atoms with E-state index in [1.165, 1.54) is 6.92 Å². The molecule has 0 aromatic heterocycles. The molecule has 1 aliphatic heterocycles. The minimum atomic E-state index is -1.22. The van der Waals surface area contributed by atoms with E-state index in [9.17, 15) is 14.4 Å². The third-order valence-electron chi connectivity index (χ3n) is 2.10. The minimum absolute atomic E-state index is 0.214. The maximum absolute atomic E-state index is 11.3. The summed E-state index contributed by atoms with van der Waals surface area (Å²) in [6, 6.07) is -0.774. The van der Waals surface area contributed by atoms with Gasteiger partial charge in [-0.2, -0.15) is 0 Å². The zero-order valence-corrected chi connectivity index (χ0v) is 7.22. The molecule has 0 aromatic rings. The normalized spacial score (nSPS) is 20.9. The summed E-state index contributed by atoms with van der Waals surface area (Å²) in [5, 5.41) is 4.04. The molecule has 1 rings (SSSR count). The fourth-order valence-electron chi connectivity index (χ4n) is 1.13. The molecule has 1 saturated heterocycles. The molecule has 0 saturated carbocycles. The average molecular weight is 185 g/mol. The number of imide groups is 2. The first kappa shape index (κ1) is 9.66. The van der Waals surface area contributed by atoms with Crippen molar-refractivity contribution in [1.29, 1.82) is 0 Å². The number of rotatable bonds is 2. The number of carbonyl (C=O) groups excluding carboxylic acids is 3. The molecule has 6 nitrogen and oxygen atoms in total. The van der Waals surface area contributed by atoms with Crippen LogP contribution in [0.15, 0.2) is 0 Å². The number of nitrogens with two attached hydrogens (primary N) is 1. The van der Waals surface area contributed by atoms with Gasteiger partial charge in [-0.25, -0.2) is 4.79 Å². The molecule has 1 fully saturated rings. The Balaban J connectivity index is 2.89. The summed E-state index contributed by atoms with van der Waals surface area (Å²) < 4.78 is 0. The molecular weight excluding hydrogens is 174 g/mol. The highest BCUT2D eigenvalue weighted by Crippen LogP contribution is 2.23. The fourth-order valence-corrected chi connectivity index (χ4v) is 1.13. The monoisotopic (exact) mass is 185 g/mol. The van der Waals surface area contributed by atoms with E-state index in [1.807, 2.05) is 10.6 Å². The predicted octanol–water partition coefficient (Wildman–Crippen LogP) is -1.29. The standard InChI is InChI=1S/C7H11N3O3/c1-7(2-3-8)4(11)9-6(13)10-5(7)12/h2-3,8H2,1H3,(H2,9,10,11,12,13). The topological polar surface area (TPSA) is 101 Å². The molecule has 13 heavy (non-hydrogen) atoms. The molecule has 72 valence electrons. The second kappa shape index (κ2) is 3.14. The lowest BCUT2D eigenvalue weighted by atomic mass is 9.83. The van der Waals surface area contributed by atoms with E-state index in [0.29, 0.717) is 0 Å². The Hall–Kier alpha value is -1.43. The molecule has 0 spiro atoms. The Labute approximate surface area is 74.8 Å². The SMILES string of the molecule is CC1(CCN)C(=O)NC(=O)NC1=O. The Morgan fingerprint density at radius 1 is 1.23 bits per heavy atom. The highest BCUT2D eigenvalue weighted by Gasteiger charge is 2.45. The lowest BCUT2D eigenvalue weighted by molar-refractivity contribution is -0.143. The van der Waals surface area contributed by atoms with Crippen molar-refractivity contribution >= 4 is 17.8 Å². The summed E-state index contributed by atoms with van der Waals surface area (Å²) in [6.07, 6.45) is 0.220. The molecule has 0 radical (unpaired) electrons. The molecule has 6 heteroatoms. The smallest absolute Gasteiger partial charge is 0.328 e. The first-order valence-electron chi connectivity index (χ1n) is 3.87. The second-order valence-electron chi connectivity index (χ2n) is 3.11. The third-order valence-corrected chi connectivity index (χ3v) is 2.10. The van der Waals surface area contributed by atoms with Crippen molar-refractivity contribution in [1.82, 2.24) is 10.6 Å². The summed E-state index contributed by atoms with van der Waals surface area (Å²) in [5.41, 5.74) is 4.04. The van der Waals surface area contributed by atoms with Crippen molar-refractivity contribution in [2.24, 2.45) is 11.1 Å². The third kappa shape index (κ3) is 1.52. The van der Waals surface area contributed by atoms with Crippen LogP contribution < -0.4 is 16.4 Å². The fraction of sp³-hybridized carbons (Fsp3) is 0.571. The highest BCUT2D eigenvalue weighted by molar-refractivity contribution is 6.18. The number of amides is 4. The predicted molar refractivity (Wildman–Crippen MR) is 43.5 cm³/mol. The van der Waals surface area contributed by atoms with Gasteiger partial charge in [-0.1, -0.05) is 0 Å². The maximum Gasteiger partial charge on any atom is 0.328 e. The molecule has 1 heterocycles. The number of urea groups is 1. The van der Waals surface area contributed by atoms with E-state index in [4.69, 9.17) is 5.73 Å². The van der Waals surface area contributed by atoms with Crippen LogP contribution in [0.5, 0.6) is 0 Å². The Morgan fingerprint density at radius 2 is 1.69 bits per heavy atom. The van der Waals surface area contributed by atoms with Crippen molar-refractivity contribution in [3.05, 3.63) is 0 Å². The van der Waals surface area contributed by atoms with E-state index in [1.54, 1.807) is 0 Å². The Kier molecular flexibility index (Phi) is 2.33. The summed E-state index contributed by atoms with van der Waals surface area (Å²) in [7, 11) is 0. The van der Waals surface area contributed by atoms with Crippen LogP contribution in [-0.2, 0) is 9.59 Å². The van der Waals surface area contributed by atoms with Crippen molar-refractivity contribution in [2.45, 2.75) is 13.3 Å². The van der Waals surface area contributed by atoms with Crippen molar-refractivity contribution in [3.63, 3.8) is 0 Å². The number of carbonyl (C=O) groups is 3. The summed E-state index contributed by atoms with van der Waals surface area (Å²) in [6.45, 7) is 1.67. The molecule has 0 aliphatic carbocycles. The van der Waals surface area contributed by atoms with Gasteiger partial charge < -0.3 is 5.73 Å². The van der Waals surface area contributed by atoms with Crippen LogP contribution in [0, 0.1) is 5.41 Å². The molecule has 0 aromatic carbocycles. The van der Waals surface area contributed by atoms with Gasteiger partial charge in [0.15, 0.2) is 0 Å². The van der Waals surface area contributed by atoms with E-state index >= 15 is 0 Å². The zero-order chi connectivity index (χ0) is 10.1. The van der Waals surface area contributed by atoms with Gasteiger partial charge in [-0.15, -0.1) is 0 Å². The van der Waals surface area contributed by atoms with Crippen molar-refractivity contribution in [2.75, 3.05) is 6.54 Å². The first-order chi connectivity index (χ1) is 6.00. The van der Waals surface area contributed by atoms with Gasteiger partial charge in [-0.05, 0) is 19.9 Å². The first-order valence-corrected chi connectivity index (χ1v) is 3.87. The molecule has 1 aliphatic rings. The highest BCUT2D eigenvalue weighted by atomic mass is 16.2. The number of barbiturate groups is 1. The average Bonchev–Trinajstić information content (AvgIpc) is 2.01. The number of nitrogens with one attached hydrogen (secondary N) is 2. The lowest BCUT2D eigenvalue weighted by Gasteiger charge is -2.29. The minimum Gasteiger partial charge on any atom is -0.330 e. The van der Waals surface area contributed by atoms with Gasteiger partial charge in [0.2, 0.25) is 11.8 Å². The van der Waals surface area contributed by atoms with E-state index < -0.39 is 23.3 Å². The Morgan fingerprint density at radius 3 is 2.08 bits per heavy atom. The number of hydrogen-bond donors (Lipinski definition) is 3. The van der Waals surface area contributed by atoms with Crippen LogP contribution in [0.1, 0.15) is 13.3 Å². The second-order valence-corrected chi connectivity index (χ2v) is 3.11. The number of hydrogen-bond acceptors (Lipinski definition) is 4. The van der Waals surface area contributed by atoms with Crippen LogP contribution >= 0.6 is 0 Å². The molecule has 0 bridgehead atoms. The van der Waals surface area contributed by atoms with Gasteiger partial charge in [0, 0.05) is 0 Å². The quantitative estimate of drug-likeness (QED) is 0.466. The zero-order valence-electron chi connectivity index (χ0n) is 7.22. The molecular formula is C7H11N3O3. The van der Waals surface area contributed by atoms with Crippen LogP contribution in [0.2, 0.25) is 0 Å². The lowest BCUT2D eigenvalue weighted by Crippen LogP contribution is -2.61. The van der Waals surface area contributed by atoms with Crippen LogP contribution in [0.4, 0.5) is 4.79 Å². The van der Waals surface area contributed by atoms with E-state index in [-0.39, 0.29) is 13.0 Å².